The third-order valence-corrected chi connectivity index (χ3v) is 0. The van der Waals surface area contributed by atoms with Crippen LogP contribution in [0, 0.1) is 0 Å². The molecule has 0 amide bonds. The van der Waals surface area contributed by atoms with Crippen LogP contribution in [0.3, 0.4) is 0 Å². The predicted molar refractivity (Wildman–Crippen MR) is 16.2 cm³/mol. The van der Waals surface area contributed by atoms with Gasteiger partial charge in [0.15, 0.2) is 0 Å². The fourth-order valence-electron chi connectivity index (χ4n) is 0. The van der Waals surface area contributed by atoms with Gasteiger partial charge in [0.25, 0.3) is 0 Å². The summed E-state index contributed by atoms with van der Waals surface area (Å²) in [7, 11) is 0. The molecule has 0 aliphatic heterocycles. The van der Waals surface area contributed by atoms with Crippen LogP contribution in [0.2, 0.25) is 0 Å². The maximum absolute atomic E-state index is 6.97. The second-order valence-corrected chi connectivity index (χ2v) is 0. The number of rotatable bonds is 0. The molecule has 0 spiro atoms. The van der Waals surface area contributed by atoms with E-state index >= 15 is 0 Å². The van der Waals surface area contributed by atoms with Gasteiger partial charge in [-0.2, -0.15) is 0 Å². The van der Waals surface area contributed by atoms with E-state index in [1.165, 1.54) is 0 Å². The van der Waals surface area contributed by atoms with Crippen LogP contribution in [0.4, 0.5) is 0 Å². The largest absolute Gasteiger partial charge is 0.331 e. The smallest absolute Gasteiger partial charge is 0.106 e. The average molecular weight is 6030 g/mol. The van der Waals surface area contributed by atoms with Crippen molar-refractivity contribution >= 4 is 23.0 Å². The zero-order valence-corrected chi connectivity index (χ0v) is 110. The number of hydrogen-bond acceptors (Lipinski definition) is 1. The minimum atomic E-state index is 0. The second kappa shape index (κ2) is 323. The molecule has 0 saturated heterocycles. The van der Waals surface area contributed by atoms with Crippen molar-refractivity contribution in [1.82, 2.24) is 0 Å². The fourth-order valence-corrected chi connectivity index (χ4v) is 0. The molecule has 0 saturated carbocycles. The standard InChI is InChI=1S/HIO.32W/c1-2;;;;;;;;;;;;;;;;;;;;;;;;;;;;;;;;/h2H;;;;;;;;;;;;;;;;;;;;;;;;;;;;;;;;. The zero-order chi connectivity index (χ0) is 2.00. The summed E-state index contributed by atoms with van der Waals surface area (Å²) in [6, 6.07) is 0. The van der Waals surface area contributed by atoms with E-state index in [1.807, 2.05) is 0 Å². The molecule has 0 aliphatic rings. The molecule has 0 unspecified atom stereocenters. The van der Waals surface area contributed by atoms with Crippen LogP contribution in [0.25, 0.3) is 0 Å². The maximum atomic E-state index is 6.97. The number of halogens is 1. The summed E-state index contributed by atoms with van der Waals surface area (Å²) in [5.41, 5.74) is 0. The van der Waals surface area contributed by atoms with Crippen molar-refractivity contribution in [3.05, 3.63) is 0 Å². The van der Waals surface area contributed by atoms with Crippen molar-refractivity contribution in [3.8, 4) is 0 Å². The molecule has 206 valence electrons. The first-order chi connectivity index (χ1) is 1.00. The quantitative estimate of drug-likeness (QED) is 0.346. The summed E-state index contributed by atoms with van der Waals surface area (Å²) in [4.78, 5) is 0. The Labute approximate surface area is 679 Å². The average Bonchev–Trinajstić information content (AvgIpc) is 1.00. The molecule has 0 bridgehead atoms. The molecule has 0 radical (unpaired) electrons. The Balaban J connectivity index is -0.0000000000101. The van der Waals surface area contributed by atoms with E-state index < -0.39 is 0 Å². The molecule has 0 rings (SSSR count). The summed E-state index contributed by atoms with van der Waals surface area (Å²) in [6.45, 7) is 0. The molecule has 34 heavy (non-hydrogen) atoms. The van der Waals surface area contributed by atoms with E-state index in [0.717, 1.165) is 23.0 Å². The zero-order valence-electron chi connectivity index (χ0n) is 13.9. The monoisotopic (exact) mass is 6030 g/mol. The summed E-state index contributed by atoms with van der Waals surface area (Å²) in [5.74, 6) is 0. The summed E-state index contributed by atoms with van der Waals surface area (Å²) < 4.78 is 6.97. The normalized spacial score (nSPS) is 0.176. The van der Waals surface area contributed by atoms with Crippen molar-refractivity contribution in [2.45, 2.75) is 0 Å². The van der Waals surface area contributed by atoms with Crippen LogP contribution in [-0.2, 0) is 674 Å². The van der Waals surface area contributed by atoms with Crippen LogP contribution < -0.4 is 0 Å². The molecule has 0 aromatic rings. The van der Waals surface area contributed by atoms with Crippen LogP contribution in [0.5, 0.6) is 0 Å². The predicted octanol–water partition coefficient (Wildman–Crippen LogP) is 0.249. The van der Waals surface area contributed by atoms with E-state index in [-0.39, 0.29) is 674 Å². The Morgan fingerprint density at radius 2 is 0.118 bits per heavy atom. The summed E-state index contributed by atoms with van der Waals surface area (Å²) >= 11 is 1.15. The maximum Gasteiger partial charge on any atom is 0.106 e. The molecule has 1 N–H and O–H groups in total. The Morgan fingerprint density at radius 3 is 0.118 bits per heavy atom. The first-order valence-corrected chi connectivity index (χ1v) is 1.13. The van der Waals surface area contributed by atoms with E-state index in [0.29, 0.717) is 0 Å². The van der Waals surface area contributed by atoms with Gasteiger partial charge < -0.3 is 3.44 Å². The first-order valence-electron chi connectivity index (χ1n) is 0.169. The fraction of sp³-hybridized carbons (Fsp3) is 0. The molecule has 0 aromatic heterocycles. The first kappa shape index (κ1) is 313. The third-order valence-electron chi connectivity index (χ3n) is 0. The van der Waals surface area contributed by atoms with Gasteiger partial charge >= 0.3 is 0 Å². The van der Waals surface area contributed by atoms with Crippen LogP contribution >= 0.6 is 23.0 Å². The van der Waals surface area contributed by atoms with Gasteiger partial charge in [-0.3, -0.25) is 0 Å². The van der Waals surface area contributed by atoms with E-state index in [2.05, 4.69) is 0 Å². The topological polar surface area (TPSA) is 20.2 Å². The Morgan fingerprint density at radius 1 is 0.118 bits per heavy atom. The van der Waals surface area contributed by atoms with Gasteiger partial charge in [-0.15, -0.1) is 0 Å². The summed E-state index contributed by atoms with van der Waals surface area (Å²) in [5, 5.41) is 0. The van der Waals surface area contributed by atoms with Crippen LogP contribution in [-0.4, -0.2) is 3.44 Å². The van der Waals surface area contributed by atoms with Crippen molar-refractivity contribution in [2.24, 2.45) is 0 Å². The molecule has 0 aliphatic carbocycles. The van der Waals surface area contributed by atoms with Crippen LogP contribution in [0.15, 0.2) is 0 Å². The number of hydrogen-bond donors (Lipinski definition) is 1. The minimum absolute atomic E-state index is 0. The molecule has 0 atom stereocenters. The Bertz CT molecular complexity index is 13.0. The van der Waals surface area contributed by atoms with Gasteiger partial charge in [-0.05, 0) is 0 Å². The van der Waals surface area contributed by atoms with E-state index in [9.17, 15) is 0 Å². The van der Waals surface area contributed by atoms with Crippen molar-refractivity contribution < 1.29 is 678 Å². The van der Waals surface area contributed by atoms with Gasteiger partial charge in [0.1, 0.15) is 23.0 Å². The molecule has 0 heterocycles. The van der Waals surface area contributed by atoms with E-state index in [1.54, 1.807) is 0 Å². The van der Waals surface area contributed by atoms with Gasteiger partial charge in [0.2, 0.25) is 0 Å². The van der Waals surface area contributed by atoms with Crippen molar-refractivity contribution in [1.29, 1.82) is 0 Å². The molecule has 0 fully saturated rings. The summed E-state index contributed by atoms with van der Waals surface area (Å²) in [6.07, 6.45) is 0. The van der Waals surface area contributed by atoms with Gasteiger partial charge in [-0.1, -0.05) is 0 Å². The third kappa shape index (κ3) is 306. The minimum Gasteiger partial charge on any atom is -0.331 e. The molecule has 1 nitrogen and oxygen atoms in total. The Kier molecular flexibility index (Phi) is 2980. The molecular formula is HIOW32. The van der Waals surface area contributed by atoms with Gasteiger partial charge in [0.05, 0.1) is 0 Å². The SMILES string of the molecule is OI.[W].[W].[W].[W].[W].[W].[W].[W].[W].[W].[W].[W].[W].[W].[W].[W].[W].[W].[W].[W].[W].[W].[W].[W].[W].[W].[W].[W].[W].[W].[W].[W]. The van der Waals surface area contributed by atoms with E-state index in [4.69, 9.17) is 3.44 Å². The molecule has 0 aromatic carbocycles. The van der Waals surface area contributed by atoms with Crippen molar-refractivity contribution in [2.75, 3.05) is 0 Å². The van der Waals surface area contributed by atoms with Crippen molar-refractivity contribution in [3.63, 3.8) is 0 Å². The Hall–Kier alpha value is 22.7. The van der Waals surface area contributed by atoms with Gasteiger partial charge in [-0.25, -0.2) is 0 Å². The molecular weight excluding hydrogens is 6030 g/mol. The van der Waals surface area contributed by atoms with Gasteiger partial charge in [0, 0.05) is 674 Å². The second-order valence-electron chi connectivity index (χ2n) is 0. The molecule has 34 heteroatoms. The van der Waals surface area contributed by atoms with Crippen LogP contribution in [0.1, 0.15) is 0 Å².